The molecular formula is C21H39N3O2. The van der Waals surface area contributed by atoms with E-state index in [0.717, 1.165) is 58.7 Å². The first-order valence-corrected chi connectivity index (χ1v) is 10.9. The molecule has 1 atom stereocenters. The average Bonchev–Trinajstić information content (AvgIpc) is 3.06. The van der Waals surface area contributed by atoms with Gasteiger partial charge in [-0.05, 0) is 70.6 Å². The molecule has 0 N–H and O–H groups in total. The molecular weight excluding hydrogens is 326 g/mol. The van der Waals surface area contributed by atoms with Gasteiger partial charge in [0.25, 0.3) is 0 Å². The molecule has 0 aromatic rings. The third-order valence-corrected chi connectivity index (χ3v) is 6.90. The van der Waals surface area contributed by atoms with E-state index in [0.29, 0.717) is 23.8 Å². The van der Waals surface area contributed by atoms with Crippen LogP contribution in [0.3, 0.4) is 0 Å². The molecule has 0 spiro atoms. The first kappa shape index (κ1) is 20.1. The van der Waals surface area contributed by atoms with Crippen molar-refractivity contribution in [1.29, 1.82) is 0 Å². The molecule has 150 valence electrons. The van der Waals surface area contributed by atoms with Gasteiger partial charge >= 0.3 is 0 Å². The predicted octanol–water partition coefficient (Wildman–Crippen LogP) is 2.46. The summed E-state index contributed by atoms with van der Waals surface area (Å²) in [5, 5.41) is 0. The van der Waals surface area contributed by atoms with E-state index in [1.165, 1.54) is 38.6 Å². The van der Waals surface area contributed by atoms with E-state index in [4.69, 9.17) is 4.74 Å². The number of piperidine rings is 1. The Kier molecular flexibility index (Phi) is 7.77. The lowest BCUT2D eigenvalue weighted by molar-refractivity contribution is -0.139. The maximum Gasteiger partial charge on any atom is 0.225 e. The van der Waals surface area contributed by atoms with Gasteiger partial charge in [0.1, 0.15) is 0 Å². The van der Waals surface area contributed by atoms with Crippen molar-refractivity contribution in [2.24, 2.45) is 11.8 Å². The van der Waals surface area contributed by atoms with Gasteiger partial charge in [-0.1, -0.05) is 13.3 Å². The summed E-state index contributed by atoms with van der Waals surface area (Å²) in [6.45, 7) is 10.7. The van der Waals surface area contributed by atoms with E-state index in [1.54, 1.807) is 7.11 Å². The zero-order chi connectivity index (χ0) is 18.4. The predicted molar refractivity (Wildman–Crippen MR) is 105 cm³/mol. The second-order valence-electron chi connectivity index (χ2n) is 8.57. The van der Waals surface area contributed by atoms with Crippen molar-refractivity contribution in [2.45, 2.75) is 57.9 Å². The van der Waals surface area contributed by atoms with Gasteiger partial charge in [-0.15, -0.1) is 0 Å². The molecule has 0 bridgehead atoms. The first-order chi connectivity index (χ1) is 12.7. The minimum absolute atomic E-state index is 0.327. The molecule has 5 nitrogen and oxygen atoms in total. The van der Waals surface area contributed by atoms with Gasteiger partial charge in [-0.25, -0.2) is 0 Å². The van der Waals surface area contributed by atoms with Crippen LogP contribution in [-0.2, 0) is 9.53 Å². The number of hydrogen-bond donors (Lipinski definition) is 0. The van der Waals surface area contributed by atoms with Crippen LogP contribution in [0.5, 0.6) is 0 Å². The Morgan fingerprint density at radius 1 is 1.04 bits per heavy atom. The average molecular weight is 366 g/mol. The number of nitrogens with zero attached hydrogens (tertiary/aromatic N) is 3. The number of rotatable bonds is 9. The number of likely N-dealkylation sites (tertiary alicyclic amines) is 2. The molecule has 0 radical (unpaired) electrons. The number of ether oxygens (including phenoxy) is 1. The fourth-order valence-corrected chi connectivity index (χ4v) is 4.87. The monoisotopic (exact) mass is 365 g/mol. The molecule has 3 rings (SSSR count). The lowest BCUT2D eigenvalue weighted by Crippen LogP contribution is -2.49. The Morgan fingerprint density at radius 2 is 1.81 bits per heavy atom. The summed E-state index contributed by atoms with van der Waals surface area (Å²) in [5.74, 6) is 1.46. The molecule has 2 saturated heterocycles. The summed E-state index contributed by atoms with van der Waals surface area (Å²) in [7, 11) is 1.78. The van der Waals surface area contributed by atoms with E-state index in [-0.39, 0.29) is 0 Å². The third-order valence-electron chi connectivity index (χ3n) is 6.90. The van der Waals surface area contributed by atoms with Crippen molar-refractivity contribution in [3.63, 3.8) is 0 Å². The smallest absolute Gasteiger partial charge is 0.225 e. The van der Waals surface area contributed by atoms with Gasteiger partial charge < -0.3 is 14.5 Å². The Labute approximate surface area is 160 Å². The molecule has 5 heteroatoms. The molecule has 0 aromatic heterocycles. The summed E-state index contributed by atoms with van der Waals surface area (Å²) in [4.78, 5) is 20.4. The number of carbonyl (C=O) groups excluding carboxylic acids is 1. The van der Waals surface area contributed by atoms with Crippen molar-refractivity contribution in [3.05, 3.63) is 0 Å². The molecule has 2 aliphatic heterocycles. The Balaban J connectivity index is 1.53. The van der Waals surface area contributed by atoms with E-state index in [2.05, 4.69) is 21.6 Å². The molecule has 3 aliphatic rings. The largest absolute Gasteiger partial charge is 0.383 e. The molecule has 0 aromatic carbocycles. The molecule has 1 saturated carbocycles. The maximum absolute atomic E-state index is 13.1. The van der Waals surface area contributed by atoms with Crippen LogP contribution < -0.4 is 0 Å². The number of amides is 1. The van der Waals surface area contributed by atoms with Crippen LogP contribution in [0.25, 0.3) is 0 Å². The fourth-order valence-electron chi connectivity index (χ4n) is 4.87. The Hall–Kier alpha value is -0.650. The highest BCUT2D eigenvalue weighted by molar-refractivity contribution is 5.79. The molecule has 2 heterocycles. The van der Waals surface area contributed by atoms with Crippen molar-refractivity contribution in [3.8, 4) is 0 Å². The zero-order valence-corrected chi connectivity index (χ0v) is 17.0. The summed E-state index contributed by atoms with van der Waals surface area (Å²) in [6, 6.07) is 0.589. The standard InChI is InChI=1S/C21H39N3O2/c1-3-23-11-5-8-20(23)17-24(21(25)19-6-4-7-19)16-18-9-12-22(13-10-18)14-15-26-2/h18-20H,3-17H2,1-2H3. The summed E-state index contributed by atoms with van der Waals surface area (Å²) < 4.78 is 5.21. The summed E-state index contributed by atoms with van der Waals surface area (Å²) >= 11 is 0. The fraction of sp³-hybridized carbons (Fsp3) is 0.952. The van der Waals surface area contributed by atoms with Crippen LogP contribution in [0.15, 0.2) is 0 Å². The molecule has 1 amide bonds. The summed E-state index contributed by atoms with van der Waals surface area (Å²) in [6.07, 6.45) is 8.48. The number of likely N-dealkylation sites (N-methyl/N-ethyl adjacent to an activating group) is 1. The van der Waals surface area contributed by atoms with Crippen LogP contribution in [0.1, 0.15) is 51.9 Å². The van der Waals surface area contributed by atoms with Crippen molar-refractivity contribution < 1.29 is 9.53 Å². The molecule has 1 unspecified atom stereocenters. The SMILES string of the molecule is CCN1CCCC1CN(CC1CCN(CCOC)CC1)C(=O)C1CCC1. The van der Waals surface area contributed by atoms with E-state index in [1.807, 2.05) is 0 Å². The van der Waals surface area contributed by atoms with Crippen LogP contribution in [-0.4, -0.2) is 86.2 Å². The highest BCUT2D eigenvalue weighted by Crippen LogP contribution is 2.30. The minimum Gasteiger partial charge on any atom is -0.383 e. The van der Waals surface area contributed by atoms with Gasteiger partial charge in [0.15, 0.2) is 0 Å². The summed E-state index contributed by atoms with van der Waals surface area (Å²) in [5.41, 5.74) is 0. The van der Waals surface area contributed by atoms with Crippen molar-refractivity contribution in [2.75, 3.05) is 59.5 Å². The normalized spacial score (nSPS) is 26.2. The van der Waals surface area contributed by atoms with Gasteiger partial charge in [0.2, 0.25) is 5.91 Å². The topological polar surface area (TPSA) is 36.0 Å². The second kappa shape index (κ2) is 10.0. The number of carbonyl (C=O) groups is 1. The van der Waals surface area contributed by atoms with Crippen LogP contribution in [0.4, 0.5) is 0 Å². The zero-order valence-electron chi connectivity index (χ0n) is 17.0. The van der Waals surface area contributed by atoms with Gasteiger partial charge in [-0.3, -0.25) is 9.69 Å². The van der Waals surface area contributed by atoms with E-state index in [9.17, 15) is 4.79 Å². The Morgan fingerprint density at radius 3 is 2.42 bits per heavy atom. The van der Waals surface area contributed by atoms with E-state index >= 15 is 0 Å². The second-order valence-corrected chi connectivity index (χ2v) is 8.57. The lowest BCUT2D eigenvalue weighted by Gasteiger charge is -2.39. The van der Waals surface area contributed by atoms with Gasteiger partial charge in [0.05, 0.1) is 6.61 Å². The van der Waals surface area contributed by atoms with Crippen LogP contribution in [0.2, 0.25) is 0 Å². The molecule has 1 aliphatic carbocycles. The third kappa shape index (κ3) is 5.20. The first-order valence-electron chi connectivity index (χ1n) is 10.9. The molecule has 3 fully saturated rings. The quantitative estimate of drug-likeness (QED) is 0.629. The van der Waals surface area contributed by atoms with Crippen LogP contribution in [0, 0.1) is 11.8 Å². The minimum atomic E-state index is 0.327. The number of methoxy groups -OCH3 is 1. The van der Waals surface area contributed by atoms with Crippen molar-refractivity contribution >= 4 is 5.91 Å². The maximum atomic E-state index is 13.1. The van der Waals surface area contributed by atoms with Crippen molar-refractivity contribution in [1.82, 2.24) is 14.7 Å². The lowest BCUT2D eigenvalue weighted by atomic mass is 9.84. The van der Waals surface area contributed by atoms with E-state index < -0.39 is 0 Å². The van der Waals surface area contributed by atoms with Crippen LogP contribution >= 0.6 is 0 Å². The molecule has 26 heavy (non-hydrogen) atoms. The number of hydrogen-bond acceptors (Lipinski definition) is 4. The highest BCUT2D eigenvalue weighted by atomic mass is 16.5. The van der Waals surface area contributed by atoms with Gasteiger partial charge in [-0.2, -0.15) is 0 Å². The van der Waals surface area contributed by atoms with Gasteiger partial charge in [0, 0.05) is 38.7 Å². The Bertz CT molecular complexity index is 433. The highest BCUT2D eigenvalue weighted by Gasteiger charge is 2.34.